The molecule has 0 bridgehead atoms. The van der Waals surface area contributed by atoms with E-state index in [0.29, 0.717) is 22.7 Å². The van der Waals surface area contributed by atoms with E-state index in [9.17, 15) is 8.78 Å². The SMILES string of the molecule is CCNC(c1cc(C)c(F)cc1F)c1sccc1Cl. The molecule has 0 aliphatic heterocycles. The normalized spacial score (nSPS) is 12.7. The van der Waals surface area contributed by atoms with Gasteiger partial charge in [-0.25, -0.2) is 8.78 Å². The number of hydrogen-bond acceptors (Lipinski definition) is 2. The molecule has 0 saturated heterocycles. The Morgan fingerprint density at radius 3 is 2.63 bits per heavy atom. The molecule has 0 aliphatic rings. The summed E-state index contributed by atoms with van der Waals surface area (Å²) < 4.78 is 27.4. The van der Waals surface area contributed by atoms with Crippen molar-refractivity contribution >= 4 is 22.9 Å². The Labute approximate surface area is 120 Å². The first-order valence-electron chi connectivity index (χ1n) is 5.96. The molecule has 1 heterocycles. The summed E-state index contributed by atoms with van der Waals surface area (Å²) in [4.78, 5) is 0.841. The summed E-state index contributed by atoms with van der Waals surface area (Å²) in [6, 6.07) is 3.89. The Morgan fingerprint density at radius 2 is 2.05 bits per heavy atom. The van der Waals surface area contributed by atoms with Crippen LogP contribution in [0.2, 0.25) is 5.02 Å². The van der Waals surface area contributed by atoms with Crippen molar-refractivity contribution in [3.05, 3.63) is 56.2 Å². The average molecular weight is 302 g/mol. The van der Waals surface area contributed by atoms with E-state index in [1.165, 1.54) is 17.4 Å². The second-order valence-corrected chi connectivity index (χ2v) is 5.60. The fraction of sp³-hybridized carbons (Fsp3) is 0.286. The third-order valence-electron chi connectivity index (χ3n) is 2.90. The van der Waals surface area contributed by atoms with Gasteiger partial charge in [0.2, 0.25) is 0 Å². The summed E-state index contributed by atoms with van der Waals surface area (Å²) in [7, 11) is 0. The molecule has 0 amide bonds. The molecule has 102 valence electrons. The van der Waals surface area contributed by atoms with Gasteiger partial charge >= 0.3 is 0 Å². The molecule has 19 heavy (non-hydrogen) atoms. The summed E-state index contributed by atoms with van der Waals surface area (Å²) in [6.45, 7) is 4.22. The van der Waals surface area contributed by atoms with Crippen LogP contribution in [0.5, 0.6) is 0 Å². The van der Waals surface area contributed by atoms with Gasteiger partial charge in [0.25, 0.3) is 0 Å². The maximum absolute atomic E-state index is 14.0. The molecule has 5 heteroatoms. The first-order chi connectivity index (χ1) is 9.04. The lowest BCUT2D eigenvalue weighted by atomic mass is 10.0. The molecule has 2 rings (SSSR count). The largest absolute Gasteiger partial charge is 0.306 e. The number of nitrogens with one attached hydrogen (secondary N) is 1. The molecular formula is C14H14ClF2NS. The molecule has 1 atom stereocenters. The molecule has 1 aromatic heterocycles. The minimum atomic E-state index is -0.557. The summed E-state index contributed by atoms with van der Waals surface area (Å²) in [5, 5.41) is 5.65. The Kier molecular flexibility index (Phi) is 4.55. The quantitative estimate of drug-likeness (QED) is 0.864. The third-order valence-corrected chi connectivity index (χ3v) is 4.33. The lowest BCUT2D eigenvalue weighted by Gasteiger charge is -2.19. The van der Waals surface area contributed by atoms with Crippen molar-refractivity contribution in [1.82, 2.24) is 5.32 Å². The van der Waals surface area contributed by atoms with Crippen LogP contribution in [0.15, 0.2) is 23.6 Å². The van der Waals surface area contributed by atoms with Gasteiger partial charge in [-0.1, -0.05) is 18.5 Å². The van der Waals surface area contributed by atoms with Crippen molar-refractivity contribution in [3.63, 3.8) is 0 Å². The molecule has 1 N–H and O–H groups in total. The standard InChI is InChI=1S/C14H14ClF2NS/c1-3-18-13(14-10(15)4-5-19-14)9-6-8(2)11(16)7-12(9)17/h4-7,13,18H,3H2,1-2H3. The van der Waals surface area contributed by atoms with Crippen LogP contribution in [-0.4, -0.2) is 6.54 Å². The molecule has 0 saturated carbocycles. The van der Waals surface area contributed by atoms with Crippen LogP contribution >= 0.6 is 22.9 Å². The van der Waals surface area contributed by atoms with Crippen LogP contribution in [0.3, 0.4) is 0 Å². The smallest absolute Gasteiger partial charge is 0.131 e. The molecule has 0 fully saturated rings. The fourth-order valence-electron chi connectivity index (χ4n) is 1.96. The predicted molar refractivity (Wildman–Crippen MR) is 75.9 cm³/mol. The minimum Gasteiger partial charge on any atom is -0.306 e. The summed E-state index contributed by atoms with van der Waals surface area (Å²) in [5.74, 6) is -1.09. The van der Waals surface area contributed by atoms with Crippen LogP contribution in [0.1, 0.15) is 29.0 Å². The maximum atomic E-state index is 14.0. The van der Waals surface area contributed by atoms with Gasteiger partial charge in [-0.3, -0.25) is 0 Å². The monoisotopic (exact) mass is 301 g/mol. The van der Waals surface area contributed by atoms with E-state index >= 15 is 0 Å². The first kappa shape index (κ1) is 14.4. The van der Waals surface area contributed by atoms with Gasteiger partial charge in [0.1, 0.15) is 11.6 Å². The molecule has 1 nitrogen and oxygen atoms in total. The number of thiophene rings is 1. The Morgan fingerprint density at radius 1 is 1.32 bits per heavy atom. The van der Waals surface area contributed by atoms with E-state index in [0.717, 1.165) is 10.9 Å². The molecule has 1 unspecified atom stereocenters. The maximum Gasteiger partial charge on any atom is 0.131 e. The van der Waals surface area contributed by atoms with Gasteiger partial charge in [0.15, 0.2) is 0 Å². The molecule has 0 spiro atoms. The van der Waals surface area contributed by atoms with Crippen LogP contribution in [0, 0.1) is 18.6 Å². The summed E-state index contributed by atoms with van der Waals surface area (Å²) in [5.41, 5.74) is 0.845. The van der Waals surface area contributed by atoms with Gasteiger partial charge in [-0.05, 0) is 36.5 Å². The zero-order chi connectivity index (χ0) is 14.0. The predicted octanol–water partition coefficient (Wildman–Crippen LogP) is 4.69. The lowest BCUT2D eigenvalue weighted by Crippen LogP contribution is -2.22. The van der Waals surface area contributed by atoms with Crippen LogP contribution in [-0.2, 0) is 0 Å². The van der Waals surface area contributed by atoms with Crippen molar-refractivity contribution in [2.24, 2.45) is 0 Å². The molecule has 2 aromatic rings. The van der Waals surface area contributed by atoms with Crippen LogP contribution in [0.25, 0.3) is 0 Å². The van der Waals surface area contributed by atoms with Crippen molar-refractivity contribution in [1.29, 1.82) is 0 Å². The fourth-order valence-corrected chi connectivity index (χ4v) is 3.22. The number of benzene rings is 1. The van der Waals surface area contributed by atoms with E-state index in [2.05, 4.69) is 5.32 Å². The van der Waals surface area contributed by atoms with Crippen molar-refractivity contribution in [2.75, 3.05) is 6.54 Å². The second-order valence-electron chi connectivity index (χ2n) is 4.25. The molecule has 0 radical (unpaired) electrons. The first-order valence-corrected chi connectivity index (χ1v) is 7.22. The third kappa shape index (κ3) is 2.96. The highest BCUT2D eigenvalue weighted by molar-refractivity contribution is 7.10. The molecule has 1 aromatic carbocycles. The zero-order valence-electron chi connectivity index (χ0n) is 10.6. The lowest BCUT2D eigenvalue weighted by molar-refractivity contribution is 0.540. The topological polar surface area (TPSA) is 12.0 Å². The Hall–Kier alpha value is -0.970. The van der Waals surface area contributed by atoms with Crippen molar-refractivity contribution < 1.29 is 8.78 Å². The number of aryl methyl sites for hydroxylation is 1. The van der Waals surface area contributed by atoms with Gasteiger partial charge in [0.05, 0.1) is 11.1 Å². The van der Waals surface area contributed by atoms with Crippen LogP contribution in [0.4, 0.5) is 8.78 Å². The zero-order valence-corrected chi connectivity index (χ0v) is 12.2. The summed E-state index contributed by atoms with van der Waals surface area (Å²) >= 11 is 7.57. The molecular weight excluding hydrogens is 288 g/mol. The second kappa shape index (κ2) is 5.99. The van der Waals surface area contributed by atoms with Gasteiger partial charge in [-0.2, -0.15) is 0 Å². The van der Waals surface area contributed by atoms with E-state index in [1.807, 2.05) is 12.3 Å². The minimum absolute atomic E-state index is 0.350. The average Bonchev–Trinajstić information content (AvgIpc) is 2.77. The van der Waals surface area contributed by atoms with Crippen molar-refractivity contribution in [2.45, 2.75) is 19.9 Å². The highest BCUT2D eigenvalue weighted by Crippen LogP contribution is 2.34. The van der Waals surface area contributed by atoms with E-state index in [4.69, 9.17) is 11.6 Å². The Bertz CT molecular complexity index is 583. The highest BCUT2D eigenvalue weighted by atomic mass is 35.5. The van der Waals surface area contributed by atoms with Crippen molar-refractivity contribution in [3.8, 4) is 0 Å². The van der Waals surface area contributed by atoms with E-state index < -0.39 is 11.6 Å². The highest BCUT2D eigenvalue weighted by Gasteiger charge is 2.21. The van der Waals surface area contributed by atoms with Gasteiger partial charge in [0, 0.05) is 16.5 Å². The van der Waals surface area contributed by atoms with Gasteiger partial charge in [-0.15, -0.1) is 11.3 Å². The summed E-state index contributed by atoms with van der Waals surface area (Å²) in [6.07, 6.45) is 0. The van der Waals surface area contributed by atoms with Gasteiger partial charge < -0.3 is 5.32 Å². The van der Waals surface area contributed by atoms with E-state index in [-0.39, 0.29) is 6.04 Å². The number of rotatable bonds is 4. The van der Waals surface area contributed by atoms with Crippen LogP contribution < -0.4 is 5.32 Å². The number of hydrogen-bond donors (Lipinski definition) is 1. The molecule has 0 aliphatic carbocycles. The number of halogens is 3. The Balaban J connectivity index is 2.51. The van der Waals surface area contributed by atoms with E-state index in [1.54, 1.807) is 13.0 Å².